The van der Waals surface area contributed by atoms with Crippen LogP contribution in [0.3, 0.4) is 0 Å². The molecule has 3 nitrogen and oxygen atoms in total. The van der Waals surface area contributed by atoms with Gasteiger partial charge in [-0.2, -0.15) is 0 Å². The average Bonchev–Trinajstić information content (AvgIpc) is 2.78. The first-order chi connectivity index (χ1) is 10.2. The molecule has 21 heavy (non-hydrogen) atoms. The summed E-state index contributed by atoms with van der Waals surface area (Å²) in [7, 11) is 0. The molecule has 0 bridgehead atoms. The topological polar surface area (TPSA) is 56.2 Å². The number of aromatic hydroxyl groups is 2. The molecule has 0 radical (unpaired) electrons. The van der Waals surface area contributed by atoms with Crippen molar-refractivity contribution in [3.8, 4) is 11.8 Å². The van der Waals surface area contributed by atoms with E-state index in [-0.39, 0.29) is 11.8 Å². The molecule has 0 unspecified atom stereocenters. The molecule has 3 N–H and O–H groups in total. The fourth-order valence-corrected chi connectivity index (χ4v) is 2.53. The molecule has 3 heteroatoms. The van der Waals surface area contributed by atoms with Crippen molar-refractivity contribution in [3.05, 3.63) is 17.7 Å². The fraction of sp³-hybridized carbons (Fsp3) is 0.667. The Hall–Kier alpha value is -1.38. The van der Waals surface area contributed by atoms with Gasteiger partial charge in [-0.15, -0.1) is 0 Å². The highest BCUT2D eigenvalue weighted by atomic mass is 16.3. The van der Waals surface area contributed by atoms with Gasteiger partial charge in [0, 0.05) is 11.6 Å². The molecule has 0 aliphatic carbocycles. The van der Waals surface area contributed by atoms with Gasteiger partial charge in [0.15, 0.2) is 11.8 Å². The number of H-pyrrole nitrogens is 1. The van der Waals surface area contributed by atoms with E-state index in [1.54, 1.807) is 0 Å². The molecule has 0 atom stereocenters. The summed E-state index contributed by atoms with van der Waals surface area (Å²) in [6.07, 6.45) is 18.4. The SMILES string of the molecule is CCCCCCCCCCCCC=Cc1cc(O)[nH]c1O. The zero-order valence-electron chi connectivity index (χ0n) is 13.4. The Morgan fingerprint density at radius 3 is 2.00 bits per heavy atom. The minimum atomic E-state index is 0.00564. The van der Waals surface area contributed by atoms with Crippen LogP contribution in [0.5, 0.6) is 11.8 Å². The van der Waals surface area contributed by atoms with Gasteiger partial charge in [0.05, 0.1) is 0 Å². The van der Waals surface area contributed by atoms with E-state index in [2.05, 4.69) is 18.0 Å². The Morgan fingerprint density at radius 2 is 1.48 bits per heavy atom. The molecule has 0 aliphatic rings. The lowest BCUT2D eigenvalue weighted by Crippen LogP contribution is -1.81. The Balaban J connectivity index is 1.92. The van der Waals surface area contributed by atoms with Crippen LogP contribution in [0.15, 0.2) is 12.1 Å². The number of hydrogen-bond acceptors (Lipinski definition) is 2. The third kappa shape index (κ3) is 8.49. The molecule has 1 rings (SSSR count). The number of aromatic amines is 1. The van der Waals surface area contributed by atoms with Gasteiger partial charge >= 0.3 is 0 Å². The van der Waals surface area contributed by atoms with Gasteiger partial charge < -0.3 is 10.2 Å². The monoisotopic (exact) mass is 293 g/mol. The molecule has 1 heterocycles. The Morgan fingerprint density at radius 1 is 0.905 bits per heavy atom. The summed E-state index contributed by atoms with van der Waals surface area (Å²) in [4.78, 5) is 2.46. The van der Waals surface area contributed by atoms with Crippen molar-refractivity contribution in [1.29, 1.82) is 0 Å². The van der Waals surface area contributed by atoms with Crippen molar-refractivity contribution >= 4 is 6.08 Å². The maximum absolute atomic E-state index is 9.44. The largest absolute Gasteiger partial charge is 0.494 e. The van der Waals surface area contributed by atoms with Gasteiger partial charge in [-0.25, -0.2) is 0 Å². The van der Waals surface area contributed by atoms with Gasteiger partial charge in [0.2, 0.25) is 0 Å². The summed E-state index contributed by atoms with van der Waals surface area (Å²) in [5.41, 5.74) is 0.652. The second-order valence-electron chi connectivity index (χ2n) is 5.83. The predicted octanol–water partition coefficient (Wildman–Crippen LogP) is 5.75. The Bertz CT molecular complexity index is 396. The van der Waals surface area contributed by atoms with E-state index in [1.807, 2.05) is 6.08 Å². The van der Waals surface area contributed by atoms with Crippen LogP contribution in [-0.4, -0.2) is 15.2 Å². The third-order valence-electron chi connectivity index (χ3n) is 3.83. The summed E-state index contributed by atoms with van der Waals surface area (Å²) in [5, 5.41) is 18.6. The van der Waals surface area contributed by atoms with Crippen molar-refractivity contribution < 1.29 is 10.2 Å². The van der Waals surface area contributed by atoms with Crippen LogP contribution in [0.25, 0.3) is 6.08 Å². The lowest BCUT2D eigenvalue weighted by molar-refractivity contribution is 0.425. The third-order valence-corrected chi connectivity index (χ3v) is 3.83. The highest BCUT2D eigenvalue weighted by Gasteiger charge is 2.01. The molecule has 0 amide bonds. The number of nitrogens with one attached hydrogen (secondary N) is 1. The van der Waals surface area contributed by atoms with Crippen molar-refractivity contribution in [3.63, 3.8) is 0 Å². The zero-order chi connectivity index (χ0) is 15.3. The molecule has 0 fully saturated rings. The summed E-state index contributed by atoms with van der Waals surface area (Å²) < 4.78 is 0. The predicted molar refractivity (Wildman–Crippen MR) is 89.6 cm³/mol. The number of allylic oxidation sites excluding steroid dienone is 1. The average molecular weight is 293 g/mol. The van der Waals surface area contributed by atoms with Crippen molar-refractivity contribution in [2.75, 3.05) is 0 Å². The zero-order valence-corrected chi connectivity index (χ0v) is 13.4. The van der Waals surface area contributed by atoms with E-state index >= 15 is 0 Å². The first-order valence-electron chi connectivity index (χ1n) is 8.51. The van der Waals surface area contributed by atoms with Crippen molar-refractivity contribution in [2.24, 2.45) is 0 Å². The molecular formula is C18H31NO2. The summed E-state index contributed by atoms with van der Waals surface area (Å²) in [6, 6.07) is 1.53. The maximum atomic E-state index is 9.44. The van der Waals surface area contributed by atoms with E-state index in [0.717, 1.165) is 6.42 Å². The molecular weight excluding hydrogens is 262 g/mol. The fourth-order valence-electron chi connectivity index (χ4n) is 2.53. The molecule has 120 valence electrons. The molecule has 0 aliphatic heterocycles. The minimum Gasteiger partial charge on any atom is -0.494 e. The van der Waals surface area contributed by atoms with Crippen LogP contribution in [0.4, 0.5) is 0 Å². The van der Waals surface area contributed by atoms with Crippen molar-refractivity contribution in [1.82, 2.24) is 4.98 Å². The number of unbranched alkanes of at least 4 members (excludes halogenated alkanes) is 10. The first kappa shape index (κ1) is 17.7. The molecule has 1 aromatic rings. The van der Waals surface area contributed by atoms with Crippen LogP contribution in [-0.2, 0) is 0 Å². The Kier molecular flexibility index (Phi) is 9.51. The highest BCUT2D eigenvalue weighted by molar-refractivity contribution is 5.56. The van der Waals surface area contributed by atoms with Crippen LogP contribution < -0.4 is 0 Å². The van der Waals surface area contributed by atoms with Gasteiger partial charge in [0.1, 0.15) is 0 Å². The first-order valence-corrected chi connectivity index (χ1v) is 8.51. The summed E-state index contributed by atoms with van der Waals surface area (Å²) in [6.45, 7) is 2.26. The van der Waals surface area contributed by atoms with Crippen molar-refractivity contribution in [2.45, 2.75) is 77.6 Å². The lowest BCUT2D eigenvalue weighted by Gasteiger charge is -2.01. The second-order valence-corrected chi connectivity index (χ2v) is 5.83. The molecule has 0 saturated carbocycles. The van der Waals surface area contributed by atoms with E-state index < -0.39 is 0 Å². The lowest BCUT2D eigenvalue weighted by atomic mass is 10.1. The standard InChI is InChI=1S/C18H31NO2/c1-2-3-4-5-6-7-8-9-10-11-12-13-14-16-15-17(20)19-18(16)21/h13-15,19-21H,2-12H2,1H3. The summed E-state index contributed by atoms with van der Waals surface area (Å²) in [5.74, 6) is 0.0397. The van der Waals surface area contributed by atoms with Crippen LogP contribution in [0.2, 0.25) is 0 Å². The van der Waals surface area contributed by atoms with Gasteiger partial charge in [0.25, 0.3) is 0 Å². The van der Waals surface area contributed by atoms with E-state index in [4.69, 9.17) is 0 Å². The van der Waals surface area contributed by atoms with Gasteiger partial charge in [-0.05, 0) is 12.8 Å². The molecule has 0 spiro atoms. The Labute approximate surface area is 129 Å². The van der Waals surface area contributed by atoms with Gasteiger partial charge in [-0.1, -0.05) is 76.9 Å². The second kappa shape index (κ2) is 11.3. The van der Waals surface area contributed by atoms with Crippen LogP contribution >= 0.6 is 0 Å². The molecule has 1 aromatic heterocycles. The summed E-state index contributed by atoms with van der Waals surface area (Å²) >= 11 is 0. The van der Waals surface area contributed by atoms with Gasteiger partial charge in [-0.3, -0.25) is 4.98 Å². The van der Waals surface area contributed by atoms with Crippen LogP contribution in [0, 0.1) is 0 Å². The number of rotatable bonds is 12. The highest BCUT2D eigenvalue weighted by Crippen LogP contribution is 2.23. The molecule has 0 saturated heterocycles. The quantitative estimate of drug-likeness (QED) is 0.430. The van der Waals surface area contributed by atoms with Crippen LogP contribution in [0.1, 0.15) is 83.1 Å². The molecule has 0 aromatic carbocycles. The smallest absolute Gasteiger partial charge is 0.198 e. The normalized spacial score (nSPS) is 11.5. The maximum Gasteiger partial charge on any atom is 0.198 e. The van der Waals surface area contributed by atoms with E-state index in [9.17, 15) is 10.2 Å². The minimum absolute atomic E-state index is 0.00564. The number of hydrogen-bond donors (Lipinski definition) is 3. The van der Waals surface area contributed by atoms with E-state index in [1.165, 1.54) is 70.3 Å². The number of aromatic nitrogens is 1. The van der Waals surface area contributed by atoms with E-state index in [0.29, 0.717) is 5.56 Å².